The third-order valence-electron chi connectivity index (χ3n) is 5.06. The average Bonchev–Trinajstić information content (AvgIpc) is 2.67. The lowest BCUT2D eigenvalue weighted by Gasteiger charge is -2.29. The summed E-state index contributed by atoms with van der Waals surface area (Å²) in [7, 11) is 0. The minimum Gasteiger partial charge on any atom is -0.481 e. The first-order chi connectivity index (χ1) is 12.6. The number of nitrogens with zero attached hydrogens (tertiary/aromatic N) is 1. The number of hydrogen-bond acceptors (Lipinski definition) is 2. The lowest BCUT2D eigenvalue weighted by atomic mass is 10.0. The molecule has 26 heavy (non-hydrogen) atoms. The van der Waals surface area contributed by atoms with Crippen molar-refractivity contribution >= 4 is 5.97 Å². The molecule has 0 saturated carbocycles. The highest BCUT2D eigenvalue weighted by Crippen LogP contribution is 2.23. The molecule has 0 fully saturated rings. The quantitative estimate of drug-likeness (QED) is 0.540. The van der Waals surface area contributed by atoms with Crippen molar-refractivity contribution in [1.82, 2.24) is 4.90 Å². The lowest BCUT2D eigenvalue weighted by molar-refractivity contribution is -0.141. The molecular formula is C23H31NO2. The lowest BCUT2D eigenvalue weighted by Crippen LogP contribution is -2.27. The molecule has 1 N–H and O–H groups in total. The zero-order chi connectivity index (χ0) is 18.8. The van der Waals surface area contributed by atoms with Gasteiger partial charge in [-0.1, -0.05) is 80.4 Å². The first-order valence-corrected chi connectivity index (χ1v) is 9.63. The van der Waals surface area contributed by atoms with Gasteiger partial charge in [0.05, 0.1) is 5.92 Å². The van der Waals surface area contributed by atoms with E-state index in [2.05, 4.69) is 72.5 Å². The molecule has 0 unspecified atom stereocenters. The highest BCUT2D eigenvalue weighted by Gasteiger charge is 2.16. The van der Waals surface area contributed by atoms with Gasteiger partial charge in [-0.2, -0.15) is 0 Å². The first kappa shape index (κ1) is 20.2. The Bertz CT molecular complexity index is 642. The van der Waals surface area contributed by atoms with E-state index < -0.39 is 5.97 Å². The van der Waals surface area contributed by atoms with Crippen molar-refractivity contribution in [2.45, 2.75) is 52.1 Å². The Hall–Kier alpha value is -2.13. The van der Waals surface area contributed by atoms with Crippen molar-refractivity contribution in [3.05, 3.63) is 71.8 Å². The van der Waals surface area contributed by atoms with Gasteiger partial charge in [0.15, 0.2) is 0 Å². The molecule has 2 rings (SSSR count). The molecule has 0 aliphatic heterocycles. The Morgan fingerprint density at radius 2 is 1.54 bits per heavy atom. The summed E-state index contributed by atoms with van der Waals surface area (Å²) >= 11 is 0. The van der Waals surface area contributed by atoms with Crippen LogP contribution >= 0.6 is 0 Å². The van der Waals surface area contributed by atoms with Crippen molar-refractivity contribution in [2.75, 3.05) is 6.54 Å². The summed E-state index contributed by atoms with van der Waals surface area (Å²) in [6.07, 6.45) is 3.91. The van der Waals surface area contributed by atoms with Crippen LogP contribution < -0.4 is 0 Å². The van der Waals surface area contributed by atoms with E-state index in [1.165, 1.54) is 11.1 Å². The first-order valence-electron chi connectivity index (χ1n) is 9.63. The maximum absolute atomic E-state index is 10.9. The zero-order valence-corrected chi connectivity index (χ0v) is 16.0. The summed E-state index contributed by atoms with van der Waals surface area (Å²) in [6.45, 7) is 6.02. The number of carbonyl (C=O) groups is 1. The summed E-state index contributed by atoms with van der Waals surface area (Å²) in [4.78, 5) is 13.4. The summed E-state index contributed by atoms with van der Waals surface area (Å²) in [5.41, 5.74) is 2.66. The average molecular weight is 354 g/mol. The Balaban J connectivity index is 1.91. The minimum absolute atomic E-state index is 0.237. The number of carboxylic acids is 1. The Labute approximate surface area is 157 Å². The van der Waals surface area contributed by atoms with Gasteiger partial charge < -0.3 is 5.11 Å². The van der Waals surface area contributed by atoms with Gasteiger partial charge in [-0.25, -0.2) is 0 Å². The number of rotatable bonds is 11. The second-order valence-corrected chi connectivity index (χ2v) is 7.13. The molecule has 0 aliphatic rings. The molecule has 0 radical (unpaired) electrons. The predicted octanol–water partition coefficient (Wildman–Crippen LogP) is 5.53. The van der Waals surface area contributed by atoms with Crippen LogP contribution in [0.5, 0.6) is 0 Å². The van der Waals surface area contributed by atoms with Crippen LogP contribution in [0.3, 0.4) is 0 Å². The zero-order valence-electron chi connectivity index (χ0n) is 16.0. The molecule has 2 aromatic rings. The van der Waals surface area contributed by atoms with Gasteiger partial charge >= 0.3 is 5.97 Å². The molecule has 0 spiro atoms. The number of hydrogen-bond donors (Lipinski definition) is 1. The van der Waals surface area contributed by atoms with Crippen molar-refractivity contribution in [3.63, 3.8) is 0 Å². The van der Waals surface area contributed by atoms with Crippen molar-refractivity contribution in [1.29, 1.82) is 0 Å². The number of carboxylic acid groups (broad SMARTS) is 1. The number of unbranched alkanes of at least 4 members (excludes halogenated alkanes) is 2. The van der Waals surface area contributed by atoms with Crippen LogP contribution in [0.25, 0.3) is 0 Å². The van der Waals surface area contributed by atoms with Crippen LogP contribution in [0.15, 0.2) is 60.7 Å². The van der Waals surface area contributed by atoms with Crippen molar-refractivity contribution in [2.24, 2.45) is 5.92 Å². The number of aliphatic carboxylic acids is 1. The molecule has 140 valence electrons. The van der Waals surface area contributed by atoms with Gasteiger partial charge in [-0.3, -0.25) is 9.69 Å². The van der Waals surface area contributed by atoms with E-state index >= 15 is 0 Å². The van der Waals surface area contributed by atoms with E-state index in [9.17, 15) is 4.79 Å². The smallest absolute Gasteiger partial charge is 0.306 e. The molecule has 0 saturated heterocycles. The van der Waals surface area contributed by atoms with E-state index in [1.54, 1.807) is 6.92 Å². The fourth-order valence-corrected chi connectivity index (χ4v) is 3.24. The molecular weight excluding hydrogens is 322 g/mol. The molecule has 0 heterocycles. The molecule has 0 bridgehead atoms. The van der Waals surface area contributed by atoms with Crippen LogP contribution in [0, 0.1) is 5.92 Å². The maximum Gasteiger partial charge on any atom is 0.306 e. The Morgan fingerprint density at radius 1 is 0.923 bits per heavy atom. The highest BCUT2D eigenvalue weighted by molar-refractivity contribution is 5.69. The molecule has 3 heteroatoms. The van der Waals surface area contributed by atoms with Gasteiger partial charge in [0, 0.05) is 12.6 Å². The van der Waals surface area contributed by atoms with E-state index in [-0.39, 0.29) is 5.92 Å². The van der Waals surface area contributed by atoms with E-state index in [4.69, 9.17) is 5.11 Å². The van der Waals surface area contributed by atoms with Crippen LogP contribution in [0.2, 0.25) is 0 Å². The third kappa shape index (κ3) is 6.64. The summed E-state index contributed by atoms with van der Waals surface area (Å²) in [5, 5.41) is 8.98. The SMILES string of the molecule is C[C@H](CCCCCN(Cc1ccccc1)[C@H](C)c1ccccc1)C(=O)O. The van der Waals surface area contributed by atoms with Gasteiger partial charge in [-0.05, 0) is 37.4 Å². The van der Waals surface area contributed by atoms with Crippen LogP contribution in [0.4, 0.5) is 0 Å². The summed E-state index contributed by atoms with van der Waals surface area (Å²) in [6, 6.07) is 21.6. The Kier molecular flexibility index (Phi) is 8.36. The van der Waals surface area contributed by atoms with Gasteiger partial charge in [-0.15, -0.1) is 0 Å². The third-order valence-corrected chi connectivity index (χ3v) is 5.06. The van der Waals surface area contributed by atoms with Gasteiger partial charge in [0.25, 0.3) is 0 Å². The molecule has 0 aromatic heterocycles. The fraction of sp³-hybridized carbons (Fsp3) is 0.435. The molecule has 3 nitrogen and oxygen atoms in total. The molecule has 0 amide bonds. The van der Waals surface area contributed by atoms with Crippen molar-refractivity contribution < 1.29 is 9.90 Å². The number of benzene rings is 2. The molecule has 0 aliphatic carbocycles. The minimum atomic E-state index is -0.687. The topological polar surface area (TPSA) is 40.5 Å². The maximum atomic E-state index is 10.9. The van der Waals surface area contributed by atoms with Gasteiger partial charge in [0.2, 0.25) is 0 Å². The van der Waals surface area contributed by atoms with Crippen LogP contribution in [-0.2, 0) is 11.3 Å². The molecule has 2 aromatic carbocycles. The van der Waals surface area contributed by atoms with E-state index in [1.807, 2.05) is 0 Å². The predicted molar refractivity (Wildman–Crippen MR) is 107 cm³/mol. The second-order valence-electron chi connectivity index (χ2n) is 7.13. The second kappa shape index (κ2) is 10.8. The van der Waals surface area contributed by atoms with E-state index in [0.717, 1.165) is 38.8 Å². The van der Waals surface area contributed by atoms with Gasteiger partial charge in [0.1, 0.15) is 0 Å². The van der Waals surface area contributed by atoms with Crippen LogP contribution in [0.1, 0.15) is 56.7 Å². The highest BCUT2D eigenvalue weighted by atomic mass is 16.4. The summed E-state index contributed by atoms with van der Waals surface area (Å²) < 4.78 is 0. The standard InChI is InChI=1S/C23H31NO2/c1-19(23(25)26)12-6-5-11-17-24(18-21-13-7-3-8-14-21)20(2)22-15-9-4-10-16-22/h3-4,7-10,13-16,19-20H,5-6,11-12,17-18H2,1-2H3,(H,25,26)/t19-,20-/m1/s1. The largest absolute Gasteiger partial charge is 0.481 e. The Morgan fingerprint density at radius 3 is 2.15 bits per heavy atom. The normalized spacial score (nSPS) is 13.5. The molecule has 2 atom stereocenters. The fourth-order valence-electron chi connectivity index (χ4n) is 3.24. The monoisotopic (exact) mass is 353 g/mol. The summed E-state index contributed by atoms with van der Waals surface area (Å²) in [5.74, 6) is -0.924. The van der Waals surface area contributed by atoms with Crippen LogP contribution in [-0.4, -0.2) is 22.5 Å². The van der Waals surface area contributed by atoms with Crippen molar-refractivity contribution in [3.8, 4) is 0 Å². The van der Waals surface area contributed by atoms with E-state index in [0.29, 0.717) is 6.04 Å².